The minimum Gasteiger partial charge on any atom is -0.491 e. The molecule has 1 amide bonds. The van der Waals surface area contributed by atoms with Gasteiger partial charge in [0.15, 0.2) is 0 Å². The van der Waals surface area contributed by atoms with Crippen LogP contribution < -0.4 is 9.47 Å². The molecule has 0 radical (unpaired) electrons. The molecule has 2 atom stereocenters. The van der Waals surface area contributed by atoms with Crippen LogP contribution in [0.3, 0.4) is 0 Å². The van der Waals surface area contributed by atoms with Crippen LogP contribution in [0, 0.1) is 0 Å². The van der Waals surface area contributed by atoms with Crippen LogP contribution in [0.15, 0.2) is 66.7 Å². The lowest BCUT2D eigenvalue weighted by Gasteiger charge is -2.35. The minimum atomic E-state index is -0.694. The van der Waals surface area contributed by atoms with E-state index >= 15 is 0 Å². The van der Waals surface area contributed by atoms with Crippen molar-refractivity contribution in [3.8, 4) is 11.5 Å². The van der Waals surface area contributed by atoms with Crippen molar-refractivity contribution < 1.29 is 28.8 Å². The predicted octanol–water partition coefficient (Wildman–Crippen LogP) is 5.96. The monoisotopic (exact) mass is 641 g/mol. The molecule has 0 bridgehead atoms. The maximum atomic E-state index is 13.5. The standard InChI is InChI=1S/C33H37Cl2N3O6/c1-41-17-15-37(16-18-42-2)20-25(39)21-43-26-8-3-22(4-9-26)32-31-28(29-19-24(35)7-12-30(29)36-31)13-14-38(32)33(40)44-27-10-5-23(34)6-11-27/h3-12,19,25,32,36,39H,13-18,20-21H2,1-2H3. The number of aromatic amines is 1. The van der Waals surface area contributed by atoms with Crippen molar-refractivity contribution >= 4 is 40.2 Å². The van der Waals surface area contributed by atoms with Gasteiger partial charge in [-0.15, -0.1) is 0 Å². The number of benzene rings is 3. The number of H-pyrrole nitrogens is 1. The molecular formula is C33H37Cl2N3O6. The summed E-state index contributed by atoms with van der Waals surface area (Å²) in [5, 5.41) is 12.9. The lowest BCUT2D eigenvalue weighted by atomic mass is 9.92. The Morgan fingerprint density at radius 1 is 0.977 bits per heavy atom. The minimum absolute atomic E-state index is 0.131. The average molecular weight is 643 g/mol. The Morgan fingerprint density at radius 2 is 1.64 bits per heavy atom. The van der Waals surface area contributed by atoms with Crippen LogP contribution in [0.25, 0.3) is 10.9 Å². The van der Waals surface area contributed by atoms with Gasteiger partial charge < -0.3 is 29.0 Å². The molecule has 9 nitrogen and oxygen atoms in total. The zero-order chi connectivity index (χ0) is 31.1. The summed E-state index contributed by atoms with van der Waals surface area (Å²) in [6.45, 7) is 3.52. The van der Waals surface area contributed by atoms with Crippen LogP contribution in [0.5, 0.6) is 11.5 Å². The SMILES string of the molecule is COCCN(CCOC)CC(O)COc1ccc(C2c3[nH]c4ccc(Cl)cc4c3CCN2C(=O)Oc2ccc(Cl)cc2)cc1. The number of carbonyl (C=O) groups is 1. The molecule has 0 fully saturated rings. The number of hydrogen-bond donors (Lipinski definition) is 2. The van der Waals surface area contributed by atoms with Gasteiger partial charge in [0.2, 0.25) is 0 Å². The summed E-state index contributed by atoms with van der Waals surface area (Å²) in [4.78, 5) is 20.9. The number of rotatable bonds is 13. The van der Waals surface area contributed by atoms with E-state index in [0.29, 0.717) is 67.4 Å². The fourth-order valence-electron chi connectivity index (χ4n) is 5.49. The maximum absolute atomic E-state index is 13.5. The van der Waals surface area contributed by atoms with E-state index in [9.17, 15) is 9.90 Å². The summed E-state index contributed by atoms with van der Waals surface area (Å²) in [6.07, 6.45) is -0.512. The molecule has 234 valence electrons. The van der Waals surface area contributed by atoms with Crippen molar-refractivity contribution in [2.45, 2.75) is 18.6 Å². The molecule has 0 saturated carbocycles. The lowest BCUT2D eigenvalue weighted by Crippen LogP contribution is -2.42. The molecule has 1 aliphatic heterocycles. The number of carbonyl (C=O) groups excluding carboxylic acids is 1. The van der Waals surface area contributed by atoms with Crippen LogP contribution in [0.1, 0.15) is 22.9 Å². The summed E-state index contributed by atoms with van der Waals surface area (Å²) < 4.78 is 22.1. The van der Waals surface area contributed by atoms with Crippen molar-refractivity contribution in [2.24, 2.45) is 0 Å². The summed E-state index contributed by atoms with van der Waals surface area (Å²) in [5.74, 6) is 1.03. The van der Waals surface area contributed by atoms with Gasteiger partial charge in [-0.3, -0.25) is 9.80 Å². The van der Waals surface area contributed by atoms with E-state index in [1.165, 1.54) is 0 Å². The molecule has 0 aliphatic carbocycles. The number of halogens is 2. The van der Waals surface area contributed by atoms with Crippen molar-refractivity contribution in [3.63, 3.8) is 0 Å². The molecule has 3 aromatic carbocycles. The van der Waals surface area contributed by atoms with Crippen LogP contribution >= 0.6 is 23.2 Å². The quantitative estimate of drug-likeness (QED) is 0.186. The van der Waals surface area contributed by atoms with Gasteiger partial charge in [0.05, 0.1) is 13.2 Å². The van der Waals surface area contributed by atoms with Crippen LogP contribution in [-0.4, -0.2) is 92.3 Å². The largest absolute Gasteiger partial charge is 0.491 e. The average Bonchev–Trinajstić information content (AvgIpc) is 3.40. The van der Waals surface area contributed by atoms with Crippen molar-refractivity contribution in [2.75, 3.05) is 60.2 Å². The van der Waals surface area contributed by atoms with Gasteiger partial charge >= 0.3 is 6.09 Å². The van der Waals surface area contributed by atoms with Gasteiger partial charge in [0.1, 0.15) is 30.3 Å². The summed E-state index contributed by atoms with van der Waals surface area (Å²) in [5.41, 5.74) is 3.88. The number of hydrogen-bond acceptors (Lipinski definition) is 7. The molecule has 11 heteroatoms. The van der Waals surface area contributed by atoms with Crippen molar-refractivity contribution in [1.82, 2.24) is 14.8 Å². The smallest absolute Gasteiger partial charge is 0.416 e. The number of aromatic nitrogens is 1. The number of ether oxygens (including phenoxy) is 4. The fourth-order valence-corrected chi connectivity index (χ4v) is 5.79. The van der Waals surface area contributed by atoms with Gasteiger partial charge in [-0.25, -0.2) is 4.79 Å². The Kier molecular flexibility index (Phi) is 11.0. The highest BCUT2D eigenvalue weighted by molar-refractivity contribution is 6.31. The Labute approximate surface area is 267 Å². The number of fused-ring (bicyclic) bond motifs is 3. The molecule has 44 heavy (non-hydrogen) atoms. The molecule has 2 unspecified atom stereocenters. The maximum Gasteiger partial charge on any atom is 0.416 e. The Balaban J connectivity index is 1.34. The Hall–Kier alpha value is -3.31. The van der Waals surface area contributed by atoms with E-state index in [1.807, 2.05) is 42.5 Å². The third-order valence-electron chi connectivity index (χ3n) is 7.67. The third kappa shape index (κ3) is 7.85. The van der Waals surface area contributed by atoms with E-state index in [0.717, 1.165) is 27.7 Å². The molecule has 4 aromatic rings. The molecule has 1 aromatic heterocycles. The lowest BCUT2D eigenvalue weighted by molar-refractivity contribution is 0.0460. The predicted molar refractivity (Wildman–Crippen MR) is 171 cm³/mol. The number of aliphatic hydroxyl groups excluding tert-OH is 1. The normalized spacial score (nSPS) is 15.4. The van der Waals surface area contributed by atoms with Gasteiger partial charge in [-0.05, 0) is 72.1 Å². The number of amides is 1. The number of aliphatic hydroxyl groups is 1. The molecule has 0 saturated heterocycles. The van der Waals surface area contributed by atoms with Gasteiger partial charge in [-0.1, -0.05) is 35.3 Å². The summed E-state index contributed by atoms with van der Waals surface area (Å²) >= 11 is 12.4. The first-order valence-electron chi connectivity index (χ1n) is 14.5. The second kappa shape index (κ2) is 15.1. The first kappa shape index (κ1) is 32.1. The van der Waals surface area contributed by atoms with Crippen LogP contribution in [0.2, 0.25) is 10.0 Å². The van der Waals surface area contributed by atoms with Crippen molar-refractivity contribution in [3.05, 3.63) is 93.6 Å². The van der Waals surface area contributed by atoms with Gasteiger partial charge in [-0.2, -0.15) is 0 Å². The van der Waals surface area contributed by atoms with E-state index < -0.39 is 18.2 Å². The highest BCUT2D eigenvalue weighted by Crippen LogP contribution is 2.40. The third-order valence-corrected chi connectivity index (χ3v) is 8.16. The topological polar surface area (TPSA) is 96.5 Å². The van der Waals surface area contributed by atoms with E-state index in [-0.39, 0.29) is 6.61 Å². The van der Waals surface area contributed by atoms with Gasteiger partial charge in [0, 0.05) is 67.0 Å². The zero-order valence-electron chi connectivity index (χ0n) is 24.8. The van der Waals surface area contributed by atoms with Crippen molar-refractivity contribution in [1.29, 1.82) is 0 Å². The molecular weight excluding hydrogens is 605 g/mol. The van der Waals surface area contributed by atoms with Crippen LogP contribution in [-0.2, 0) is 15.9 Å². The van der Waals surface area contributed by atoms with Crippen LogP contribution in [0.4, 0.5) is 4.79 Å². The second-order valence-corrected chi connectivity index (χ2v) is 11.6. The zero-order valence-corrected chi connectivity index (χ0v) is 26.3. The number of methoxy groups -OCH3 is 2. The second-order valence-electron chi connectivity index (χ2n) is 10.7. The highest BCUT2D eigenvalue weighted by atomic mass is 35.5. The van der Waals surface area contributed by atoms with E-state index in [4.69, 9.17) is 42.1 Å². The van der Waals surface area contributed by atoms with E-state index in [1.54, 1.807) is 43.4 Å². The highest BCUT2D eigenvalue weighted by Gasteiger charge is 2.36. The Bertz CT molecular complexity index is 1520. The first-order chi connectivity index (χ1) is 21.4. The molecule has 0 spiro atoms. The molecule has 1 aliphatic rings. The number of nitrogens with one attached hydrogen (secondary N) is 1. The first-order valence-corrected chi connectivity index (χ1v) is 15.3. The molecule has 2 heterocycles. The molecule has 5 rings (SSSR count). The molecule has 2 N–H and O–H groups in total. The number of nitrogens with zero attached hydrogens (tertiary/aromatic N) is 2. The fraction of sp³-hybridized carbons (Fsp3) is 0.364. The van der Waals surface area contributed by atoms with E-state index in [2.05, 4.69) is 9.88 Å². The Morgan fingerprint density at radius 3 is 2.32 bits per heavy atom. The summed E-state index contributed by atoms with van der Waals surface area (Å²) in [7, 11) is 3.31. The summed E-state index contributed by atoms with van der Waals surface area (Å²) in [6, 6.07) is 19.6. The van der Waals surface area contributed by atoms with Gasteiger partial charge in [0.25, 0.3) is 0 Å².